The molecular weight excluding hydrogens is 392 g/mol. The first-order valence-corrected chi connectivity index (χ1v) is 8.22. The molecule has 0 amide bonds. The Morgan fingerprint density at radius 3 is 2.42 bits per heavy atom. The molecule has 3 aromatic rings. The summed E-state index contributed by atoms with van der Waals surface area (Å²) in [5.41, 5.74) is 1.32. The second-order valence-electron chi connectivity index (χ2n) is 6.38. The molecule has 0 unspecified atom stereocenters. The summed E-state index contributed by atoms with van der Waals surface area (Å²) in [6, 6.07) is 17.2. The molecule has 1 heterocycles. The van der Waals surface area contributed by atoms with Crippen LogP contribution in [0.2, 0.25) is 0 Å². The number of halogens is 1. The van der Waals surface area contributed by atoms with Crippen LogP contribution in [0.3, 0.4) is 0 Å². The van der Waals surface area contributed by atoms with E-state index in [-0.39, 0.29) is 35.1 Å². The van der Waals surface area contributed by atoms with Crippen LogP contribution in [0.5, 0.6) is 0 Å². The van der Waals surface area contributed by atoms with Crippen LogP contribution < -0.4 is 21.5 Å². The van der Waals surface area contributed by atoms with Crippen LogP contribution in [0.15, 0.2) is 67.0 Å². The van der Waals surface area contributed by atoms with Gasteiger partial charge in [-0.2, -0.15) is 4.57 Å². The van der Waals surface area contributed by atoms with E-state index in [1.54, 1.807) is 22.9 Å². The first-order valence-electron chi connectivity index (χ1n) is 8.22. The van der Waals surface area contributed by atoms with Crippen molar-refractivity contribution in [3.05, 3.63) is 78.1 Å². The molecule has 2 aromatic carbocycles. The zero-order valence-electron chi connectivity index (χ0n) is 14.9. The van der Waals surface area contributed by atoms with Crippen molar-refractivity contribution in [1.29, 1.82) is 0 Å². The molecule has 0 bridgehead atoms. The Morgan fingerprint density at radius 1 is 0.923 bits per heavy atom. The maximum absolute atomic E-state index is 12.8. The van der Waals surface area contributed by atoms with Gasteiger partial charge in [-0.05, 0) is 30.9 Å². The number of likely N-dealkylation sites (N-methyl/N-ethyl adjacent to an activating group) is 1. The maximum atomic E-state index is 12.8. The molecule has 26 heavy (non-hydrogen) atoms. The van der Waals surface area contributed by atoms with E-state index in [4.69, 9.17) is 0 Å². The van der Waals surface area contributed by atoms with Gasteiger partial charge in [0.1, 0.15) is 0 Å². The highest BCUT2D eigenvalue weighted by atomic mass is 79.9. The number of carbonyl (C=O) groups excluding carboxylic acids is 2. The number of pyridine rings is 1. The molecule has 0 aliphatic heterocycles. The summed E-state index contributed by atoms with van der Waals surface area (Å²) in [6.07, 6.45) is 3.56. The Balaban J connectivity index is 0.00000243. The van der Waals surface area contributed by atoms with Crippen LogP contribution in [0, 0.1) is 0 Å². The minimum Gasteiger partial charge on any atom is -1.00 e. The second-order valence-corrected chi connectivity index (χ2v) is 6.38. The van der Waals surface area contributed by atoms with Crippen molar-refractivity contribution in [3.8, 4) is 0 Å². The summed E-state index contributed by atoms with van der Waals surface area (Å²) < 4.78 is 1.77. The van der Waals surface area contributed by atoms with Gasteiger partial charge in [-0.15, -0.1) is 0 Å². The molecule has 5 heteroatoms. The number of hydrogen-bond donors (Lipinski definition) is 0. The average molecular weight is 413 g/mol. The first-order chi connectivity index (χ1) is 12.0. The van der Waals surface area contributed by atoms with Crippen LogP contribution in [0.4, 0.5) is 0 Å². The summed E-state index contributed by atoms with van der Waals surface area (Å²) in [6.45, 7) is 0.554. The van der Waals surface area contributed by atoms with Gasteiger partial charge in [0.2, 0.25) is 12.3 Å². The molecule has 0 N–H and O–H groups in total. The summed E-state index contributed by atoms with van der Waals surface area (Å²) in [7, 11) is 3.72. The van der Waals surface area contributed by atoms with Gasteiger partial charge < -0.3 is 21.9 Å². The number of benzene rings is 2. The van der Waals surface area contributed by atoms with Gasteiger partial charge in [0.05, 0.1) is 12.1 Å². The number of fused-ring (bicyclic) bond motifs is 1. The number of nitrogens with zero attached hydrogens (tertiary/aromatic N) is 2. The molecule has 1 aromatic heterocycles. The largest absolute Gasteiger partial charge is 1.00 e. The Kier molecular flexibility index (Phi) is 6.77. The first kappa shape index (κ1) is 19.9. The summed E-state index contributed by atoms with van der Waals surface area (Å²) in [5, 5.41) is 2.00. The van der Waals surface area contributed by atoms with Crippen LogP contribution in [0.25, 0.3) is 10.8 Å². The Labute approximate surface area is 163 Å². The highest BCUT2D eigenvalue weighted by Gasteiger charge is 2.17. The Morgan fingerprint density at radius 2 is 1.65 bits per heavy atom. The molecule has 0 aliphatic carbocycles. The average Bonchev–Trinajstić information content (AvgIpc) is 2.61. The second kappa shape index (κ2) is 8.83. The van der Waals surface area contributed by atoms with Crippen molar-refractivity contribution >= 4 is 22.3 Å². The van der Waals surface area contributed by atoms with Crippen molar-refractivity contribution in [2.45, 2.75) is 6.54 Å². The molecule has 0 saturated heterocycles. The molecule has 0 fully saturated rings. The fraction of sp³-hybridized carbons (Fsp3) is 0.190. The highest BCUT2D eigenvalue weighted by molar-refractivity contribution is 6.07. The van der Waals surface area contributed by atoms with E-state index in [9.17, 15) is 9.59 Å². The van der Waals surface area contributed by atoms with Gasteiger partial charge in [-0.1, -0.05) is 42.5 Å². The van der Waals surface area contributed by atoms with E-state index in [0.29, 0.717) is 17.7 Å². The molecule has 0 radical (unpaired) electrons. The summed E-state index contributed by atoms with van der Waals surface area (Å²) in [4.78, 5) is 26.8. The fourth-order valence-corrected chi connectivity index (χ4v) is 2.88. The predicted octanol–water partition coefficient (Wildman–Crippen LogP) is -0.241. The van der Waals surface area contributed by atoms with E-state index in [1.165, 1.54) is 0 Å². The van der Waals surface area contributed by atoms with Crippen LogP contribution >= 0.6 is 0 Å². The number of aromatic nitrogens is 1. The smallest absolute Gasteiger partial charge is 0.228 e. The number of carbonyl (C=O) groups is 2. The van der Waals surface area contributed by atoms with Crippen LogP contribution in [-0.2, 0) is 6.54 Å². The normalized spacial score (nSPS) is 10.6. The van der Waals surface area contributed by atoms with Gasteiger partial charge in [0, 0.05) is 11.6 Å². The Bertz CT molecular complexity index is 933. The van der Waals surface area contributed by atoms with Gasteiger partial charge in [0.15, 0.2) is 18.2 Å². The molecule has 134 valence electrons. The van der Waals surface area contributed by atoms with Gasteiger partial charge >= 0.3 is 0 Å². The zero-order chi connectivity index (χ0) is 17.8. The standard InChI is InChI=1S/C21H21N2O2.BrH/c1-22(2)14-20(24)17-9-6-12-23(13-17)15-21(25)19-11-5-8-16-7-3-4-10-18(16)19;/h3-13H,14-15H2,1-2H3;1H/q+1;/p-1. The van der Waals surface area contributed by atoms with E-state index in [1.807, 2.05) is 67.7 Å². The topological polar surface area (TPSA) is 41.3 Å². The third-order valence-electron chi connectivity index (χ3n) is 4.06. The molecule has 4 nitrogen and oxygen atoms in total. The Hall–Kier alpha value is -2.37. The van der Waals surface area contributed by atoms with Crippen molar-refractivity contribution in [1.82, 2.24) is 4.90 Å². The lowest BCUT2D eigenvalue weighted by atomic mass is 10.0. The molecule has 0 saturated carbocycles. The van der Waals surface area contributed by atoms with Gasteiger partial charge in [0.25, 0.3) is 0 Å². The third-order valence-corrected chi connectivity index (χ3v) is 4.06. The summed E-state index contributed by atoms with van der Waals surface area (Å²) in [5.74, 6) is 0.0657. The van der Waals surface area contributed by atoms with E-state index in [0.717, 1.165) is 10.8 Å². The molecule has 3 rings (SSSR count). The third kappa shape index (κ3) is 4.62. The van der Waals surface area contributed by atoms with Crippen molar-refractivity contribution < 1.29 is 31.1 Å². The van der Waals surface area contributed by atoms with Gasteiger partial charge in [-0.3, -0.25) is 9.59 Å². The molecule has 0 spiro atoms. The number of rotatable bonds is 6. The quantitative estimate of drug-likeness (QED) is 0.414. The monoisotopic (exact) mass is 412 g/mol. The molecular formula is C21H21BrN2O2. The van der Waals surface area contributed by atoms with Gasteiger partial charge in [-0.25, -0.2) is 0 Å². The minimum atomic E-state index is 0. The van der Waals surface area contributed by atoms with Crippen molar-refractivity contribution in [2.24, 2.45) is 0 Å². The lowest BCUT2D eigenvalue weighted by Gasteiger charge is -2.07. The maximum Gasteiger partial charge on any atom is 0.228 e. The predicted molar refractivity (Wildman–Crippen MR) is 97.8 cm³/mol. The zero-order valence-corrected chi connectivity index (χ0v) is 16.4. The van der Waals surface area contributed by atoms with E-state index >= 15 is 0 Å². The lowest BCUT2D eigenvalue weighted by molar-refractivity contribution is -0.683. The summed E-state index contributed by atoms with van der Waals surface area (Å²) >= 11 is 0. The highest BCUT2D eigenvalue weighted by Crippen LogP contribution is 2.18. The molecule has 0 aliphatic rings. The minimum absolute atomic E-state index is 0. The van der Waals surface area contributed by atoms with Crippen molar-refractivity contribution in [2.75, 3.05) is 20.6 Å². The van der Waals surface area contributed by atoms with E-state index in [2.05, 4.69) is 0 Å². The lowest BCUT2D eigenvalue weighted by Crippen LogP contribution is -3.00. The van der Waals surface area contributed by atoms with Crippen LogP contribution in [-0.4, -0.2) is 37.1 Å². The SMILES string of the molecule is CN(C)CC(=O)c1ccc[n+](CC(=O)c2cccc3ccccc23)c1.[Br-]. The fourth-order valence-electron chi connectivity index (χ4n) is 2.88. The van der Waals surface area contributed by atoms with Crippen molar-refractivity contribution in [3.63, 3.8) is 0 Å². The van der Waals surface area contributed by atoms with Crippen LogP contribution in [0.1, 0.15) is 20.7 Å². The number of hydrogen-bond acceptors (Lipinski definition) is 3. The number of Topliss-reactive ketones (excluding diaryl/α,β-unsaturated/α-hetero) is 2. The number of ketones is 2. The molecule has 0 atom stereocenters. The van der Waals surface area contributed by atoms with E-state index < -0.39 is 0 Å².